The Labute approximate surface area is 109 Å². The molecule has 0 aromatic heterocycles. The standard InChI is InChI=1S/C14H21ClO2/c1-2-3-4-5-6-9-17-14-8-7-12(11-16)10-13(14)15/h7-8,10,16H,2-6,9,11H2,1H3. The highest BCUT2D eigenvalue weighted by Crippen LogP contribution is 2.25. The van der Waals surface area contributed by atoms with E-state index in [1.165, 1.54) is 25.7 Å². The maximum Gasteiger partial charge on any atom is 0.137 e. The van der Waals surface area contributed by atoms with E-state index in [2.05, 4.69) is 6.92 Å². The van der Waals surface area contributed by atoms with Crippen molar-refractivity contribution in [2.75, 3.05) is 6.61 Å². The first-order valence-corrected chi connectivity index (χ1v) is 6.67. The molecule has 0 amide bonds. The highest BCUT2D eigenvalue weighted by molar-refractivity contribution is 6.32. The number of hydrogen-bond acceptors (Lipinski definition) is 2. The van der Waals surface area contributed by atoms with Gasteiger partial charge in [0.15, 0.2) is 0 Å². The molecule has 0 atom stereocenters. The molecule has 0 fully saturated rings. The molecular formula is C14H21ClO2. The Bertz CT molecular complexity index is 326. The van der Waals surface area contributed by atoms with Crippen LogP contribution in [0.15, 0.2) is 18.2 Å². The monoisotopic (exact) mass is 256 g/mol. The largest absolute Gasteiger partial charge is 0.492 e. The summed E-state index contributed by atoms with van der Waals surface area (Å²) in [5.74, 6) is 0.708. The molecule has 96 valence electrons. The van der Waals surface area contributed by atoms with Crippen LogP contribution in [0.2, 0.25) is 5.02 Å². The average Bonchev–Trinajstić information content (AvgIpc) is 2.35. The number of halogens is 1. The Morgan fingerprint density at radius 1 is 1.18 bits per heavy atom. The van der Waals surface area contributed by atoms with Crippen LogP contribution in [-0.2, 0) is 6.61 Å². The van der Waals surface area contributed by atoms with Gasteiger partial charge in [0.2, 0.25) is 0 Å². The van der Waals surface area contributed by atoms with E-state index >= 15 is 0 Å². The number of ether oxygens (including phenoxy) is 1. The average molecular weight is 257 g/mol. The third-order valence-corrected chi connectivity index (χ3v) is 2.98. The second-order valence-electron chi connectivity index (χ2n) is 4.19. The van der Waals surface area contributed by atoms with Gasteiger partial charge in [-0.25, -0.2) is 0 Å². The topological polar surface area (TPSA) is 29.5 Å². The summed E-state index contributed by atoms with van der Waals surface area (Å²) in [6, 6.07) is 5.40. The molecule has 0 aliphatic rings. The lowest BCUT2D eigenvalue weighted by molar-refractivity contribution is 0.281. The van der Waals surface area contributed by atoms with E-state index in [0.717, 1.165) is 12.0 Å². The molecule has 0 spiro atoms. The minimum atomic E-state index is 0.0109. The van der Waals surface area contributed by atoms with Gasteiger partial charge in [0, 0.05) is 0 Å². The van der Waals surface area contributed by atoms with Crippen molar-refractivity contribution in [1.29, 1.82) is 0 Å². The lowest BCUT2D eigenvalue weighted by atomic mass is 10.2. The molecule has 0 saturated carbocycles. The fourth-order valence-corrected chi connectivity index (χ4v) is 1.91. The van der Waals surface area contributed by atoms with E-state index in [-0.39, 0.29) is 6.61 Å². The lowest BCUT2D eigenvalue weighted by Gasteiger charge is -2.08. The van der Waals surface area contributed by atoms with Crippen LogP contribution >= 0.6 is 11.6 Å². The van der Waals surface area contributed by atoms with Crippen molar-refractivity contribution in [3.8, 4) is 5.75 Å². The summed E-state index contributed by atoms with van der Waals surface area (Å²) < 4.78 is 5.60. The van der Waals surface area contributed by atoms with Crippen molar-refractivity contribution in [2.45, 2.75) is 45.6 Å². The van der Waals surface area contributed by atoms with E-state index in [4.69, 9.17) is 21.4 Å². The minimum Gasteiger partial charge on any atom is -0.492 e. The fourth-order valence-electron chi connectivity index (χ4n) is 1.65. The maximum absolute atomic E-state index is 8.95. The molecule has 0 heterocycles. The van der Waals surface area contributed by atoms with Crippen LogP contribution in [0.1, 0.15) is 44.6 Å². The van der Waals surface area contributed by atoms with E-state index in [9.17, 15) is 0 Å². The van der Waals surface area contributed by atoms with Crippen molar-refractivity contribution >= 4 is 11.6 Å². The van der Waals surface area contributed by atoms with Gasteiger partial charge < -0.3 is 9.84 Å². The van der Waals surface area contributed by atoms with Gasteiger partial charge >= 0.3 is 0 Å². The third kappa shape index (κ3) is 5.42. The summed E-state index contributed by atoms with van der Waals surface area (Å²) in [4.78, 5) is 0. The summed E-state index contributed by atoms with van der Waals surface area (Å²) in [6.45, 7) is 2.93. The van der Waals surface area contributed by atoms with Gasteiger partial charge in [-0.15, -0.1) is 0 Å². The first-order chi connectivity index (χ1) is 8.27. The second-order valence-corrected chi connectivity index (χ2v) is 4.59. The number of unbranched alkanes of at least 4 members (excludes halogenated alkanes) is 4. The van der Waals surface area contributed by atoms with Crippen molar-refractivity contribution in [1.82, 2.24) is 0 Å². The Morgan fingerprint density at radius 3 is 2.59 bits per heavy atom. The zero-order valence-electron chi connectivity index (χ0n) is 10.4. The molecule has 1 aromatic rings. The normalized spacial score (nSPS) is 10.5. The SMILES string of the molecule is CCCCCCCOc1ccc(CO)cc1Cl. The molecular weight excluding hydrogens is 236 g/mol. The first kappa shape index (κ1) is 14.3. The number of rotatable bonds is 8. The van der Waals surface area contributed by atoms with Crippen molar-refractivity contribution in [2.24, 2.45) is 0 Å². The van der Waals surface area contributed by atoms with Crippen LogP contribution in [0.4, 0.5) is 0 Å². The molecule has 0 radical (unpaired) electrons. The Balaban J connectivity index is 2.27. The summed E-state index contributed by atoms with van der Waals surface area (Å²) in [5, 5.41) is 9.52. The quantitative estimate of drug-likeness (QED) is 0.707. The molecule has 0 saturated heterocycles. The summed E-state index contributed by atoms with van der Waals surface area (Å²) in [5.41, 5.74) is 0.810. The van der Waals surface area contributed by atoms with Gasteiger partial charge in [-0.1, -0.05) is 50.3 Å². The Kier molecular flexibility index (Phi) is 7.06. The fraction of sp³-hybridized carbons (Fsp3) is 0.571. The predicted molar refractivity (Wildman–Crippen MR) is 71.6 cm³/mol. The Morgan fingerprint density at radius 2 is 1.94 bits per heavy atom. The van der Waals surface area contributed by atoms with Gasteiger partial charge in [0.05, 0.1) is 18.2 Å². The highest BCUT2D eigenvalue weighted by Gasteiger charge is 2.02. The molecule has 0 aliphatic heterocycles. The number of aliphatic hydroxyl groups excluding tert-OH is 1. The number of hydrogen-bond donors (Lipinski definition) is 1. The molecule has 0 unspecified atom stereocenters. The summed E-state index contributed by atoms with van der Waals surface area (Å²) in [6.07, 6.45) is 6.11. The number of aliphatic hydroxyl groups is 1. The summed E-state index contributed by atoms with van der Waals surface area (Å²) >= 11 is 6.03. The zero-order valence-corrected chi connectivity index (χ0v) is 11.2. The predicted octanol–water partition coefficient (Wildman–Crippen LogP) is 4.18. The minimum absolute atomic E-state index is 0.0109. The lowest BCUT2D eigenvalue weighted by Crippen LogP contribution is -1.98. The Hall–Kier alpha value is -0.730. The van der Waals surface area contributed by atoms with E-state index < -0.39 is 0 Å². The summed E-state index contributed by atoms with van der Waals surface area (Å²) in [7, 11) is 0. The van der Waals surface area contributed by atoms with Crippen LogP contribution in [0.5, 0.6) is 5.75 Å². The van der Waals surface area contributed by atoms with Crippen molar-refractivity contribution < 1.29 is 9.84 Å². The molecule has 2 nitrogen and oxygen atoms in total. The highest BCUT2D eigenvalue weighted by atomic mass is 35.5. The van der Waals surface area contributed by atoms with E-state index in [1.54, 1.807) is 6.07 Å². The van der Waals surface area contributed by atoms with Gasteiger partial charge in [-0.2, -0.15) is 0 Å². The van der Waals surface area contributed by atoms with Gasteiger partial charge in [-0.3, -0.25) is 0 Å². The molecule has 1 N–H and O–H groups in total. The molecule has 1 aromatic carbocycles. The molecule has 0 aliphatic carbocycles. The van der Waals surface area contributed by atoms with Crippen LogP contribution in [0, 0.1) is 0 Å². The van der Waals surface area contributed by atoms with Crippen LogP contribution in [0.3, 0.4) is 0 Å². The molecule has 3 heteroatoms. The smallest absolute Gasteiger partial charge is 0.137 e. The van der Waals surface area contributed by atoms with Gasteiger partial charge in [0.1, 0.15) is 5.75 Å². The zero-order chi connectivity index (χ0) is 12.5. The second kappa shape index (κ2) is 8.37. The molecule has 0 bridgehead atoms. The third-order valence-electron chi connectivity index (χ3n) is 2.68. The molecule has 1 rings (SSSR count). The van der Waals surface area contributed by atoms with Crippen LogP contribution in [0.25, 0.3) is 0 Å². The van der Waals surface area contributed by atoms with Gasteiger partial charge in [0.25, 0.3) is 0 Å². The van der Waals surface area contributed by atoms with Crippen molar-refractivity contribution in [3.63, 3.8) is 0 Å². The van der Waals surface area contributed by atoms with E-state index in [0.29, 0.717) is 17.4 Å². The first-order valence-electron chi connectivity index (χ1n) is 6.30. The van der Waals surface area contributed by atoms with Crippen molar-refractivity contribution in [3.05, 3.63) is 28.8 Å². The van der Waals surface area contributed by atoms with Crippen LogP contribution < -0.4 is 4.74 Å². The maximum atomic E-state index is 8.95. The van der Waals surface area contributed by atoms with Crippen LogP contribution in [-0.4, -0.2) is 11.7 Å². The van der Waals surface area contributed by atoms with Gasteiger partial charge in [-0.05, 0) is 24.1 Å². The van der Waals surface area contributed by atoms with E-state index in [1.807, 2.05) is 12.1 Å². The molecule has 17 heavy (non-hydrogen) atoms. The number of benzene rings is 1.